The van der Waals surface area contributed by atoms with E-state index in [-0.39, 0.29) is 24.0 Å². The maximum Gasteiger partial charge on any atom is 0.194 e. The van der Waals surface area contributed by atoms with Crippen molar-refractivity contribution in [1.29, 1.82) is 0 Å². The van der Waals surface area contributed by atoms with Gasteiger partial charge in [0.2, 0.25) is 0 Å². The van der Waals surface area contributed by atoms with Crippen molar-refractivity contribution in [2.24, 2.45) is 4.99 Å². The summed E-state index contributed by atoms with van der Waals surface area (Å²) in [6.07, 6.45) is 1.88. The van der Waals surface area contributed by atoms with E-state index in [4.69, 9.17) is 0 Å². The van der Waals surface area contributed by atoms with Gasteiger partial charge in [-0.2, -0.15) is 0 Å². The molecule has 1 heterocycles. The van der Waals surface area contributed by atoms with Crippen LogP contribution < -0.4 is 10.2 Å². The van der Waals surface area contributed by atoms with Crippen molar-refractivity contribution < 1.29 is 0 Å². The fourth-order valence-corrected chi connectivity index (χ4v) is 2.98. The van der Waals surface area contributed by atoms with Crippen LogP contribution in [0.25, 0.3) is 11.3 Å². The minimum absolute atomic E-state index is 0. The molecule has 0 bridgehead atoms. The smallest absolute Gasteiger partial charge is 0.194 e. The third kappa shape index (κ3) is 6.22. The maximum atomic E-state index is 4.51. The predicted molar refractivity (Wildman–Crippen MR) is 132 cm³/mol. The summed E-state index contributed by atoms with van der Waals surface area (Å²) in [5.74, 6) is 1.73. The van der Waals surface area contributed by atoms with E-state index in [0.29, 0.717) is 6.54 Å². The second-order valence-corrected chi connectivity index (χ2v) is 6.93. The molecule has 154 valence electrons. The minimum atomic E-state index is 0. The molecule has 1 aromatic heterocycles. The molecule has 0 atom stereocenters. The molecule has 2 aromatic carbocycles. The molecule has 0 fully saturated rings. The SMILES string of the molecule is CN=C(NCc1ccc(N(C)C)cc1)N(C)Cc1ncc(-c2ccccc2)[nH]1.I. The molecule has 0 amide bonds. The highest BCUT2D eigenvalue weighted by Crippen LogP contribution is 2.16. The molecule has 0 unspecified atom stereocenters. The van der Waals surface area contributed by atoms with Crippen LogP contribution in [0.4, 0.5) is 5.69 Å². The predicted octanol–water partition coefficient (Wildman–Crippen LogP) is 3.97. The van der Waals surface area contributed by atoms with Crippen LogP contribution in [0, 0.1) is 0 Å². The minimum Gasteiger partial charge on any atom is -0.378 e. The second kappa shape index (κ2) is 10.8. The number of hydrogen-bond donors (Lipinski definition) is 2. The molecule has 3 rings (SSSR count). The molecule has 3 aromatic rings. The molecule has 7 heteroatoms. The summed E-state index contributed by atoms with van der Waals surface area (Å²) in [4.78, 5) is 16.4. The number of aliphatic imine (C=N–C) groups is 1. The van der Waals surface area contributed by atoms with Crippen LogP contribution in [0.1, 0.15) is 11.4 Å². The Morgan fingerprint density at radius 3 is 2.34 bits per heavy atom. The van der Waals surface area contributed by atoms with Crippen molar-refractivity contribution in [3.8, 4) is 11.3 Å². The largest absolute Gasteiger partial charge is 0.378 e. The number of guanidine groups is 1. The summed E-state index contributed by atoms with van der Waals surface area (Å²) >= 11 is 0. The van der Waals surface area contributed by atoms with E-state index in [0.717, 1.165) is 29.6 Å². The summed E-state index contributed by atoms with van der Waals surface area (Å²) in [5, 5.41) is 3.41. The number of H-pyrrole nitrogens is 1. The van der Waals surface area contributed by atoms with Gasteiger partial charge in [0.1, 0.15) is 5.82 Å². The Morgan fingerprint density at radius 1 is 1.03 bits per heavy atom. The van der Waals surface area contributed by atoms with E-state index in [9.17, 15) is 0 Å². The van der Waals surface area contributed by atoms with Crippen LogP contribution in [-0.4, -0.2) is 49.0 Å². The van der Waals surface area contributed by atoms with Gasteiger partial charge in [0.15, 0.2) is 5.96 Å². The zero-order valence-electron chi connectivity index (χ0n) is 17.4. The Kier molecular flexibility index (Phi) is 8.50. The molecule has 29 heavy (non-hydrogen) atoms. The quantitative estimate of drug-likeness (QED) is 0.303. The highest BCUT2D eigenvalue weighted by molar-refractivity contribution is 14.0. The molecule has 0 spiro atoms. The van der Waals surface area contributed by atoms with Crippen LogP contribution in [0.5, 0.6) is 0 Å². The molecular formula is C22H29IN6. The standard InChI is InChI=1S/C22H28N6.HI/c1-23-22(25-14-17-10-12-19(13-11-17)27(2)3)28(4)16-21-24-15-20(26-21)18-8-6-5-7-9-18;/h5-13,15H,14,16H2,1-4H3,(H,23,25)(H,24,26);1H. The monoisotopic (exact) mass is 504 g/mol. The van der Waals surface area contributed by atoms with Gasteiger partial charge in [-0.3, -0.25) is 4.99 Å². The van der Waals surface area contributed by atoms with Crippen molar-refractivity contribution in [3.63, 3.8) is 0 Å². The number of imidazole rings is 1. The summed E-state index contributed by atoms with van der Waals surface area (Å²) in [5.41, 5.74) is 4.56. The summed E-state index contributed by atoms with van der Waals surface area (Å²) < 4.78 is 0. The van der Waals surface area contributed by atoms with E-state index in [1.165, 1.54) is 11.3 Å². The number of rotatable bonds is 6. The van der Waals surface area contributed by atoms with Gasteiger partial charge in [0, 0.05) is 40.4 Å². The van der Waals surface area contributed by atoms with E-state index < -0.39 is 0 Å². The first-order chi connectivity index (χ1) is 13.6. The topological polar surface area (TPSA) is 59.6 Å². The number of benzene rings is 2. The van der Waals surface area contributed by atoms with Gasteiger partial charge in [-0.25, -0.2) is 4.98 Å². The first-order valence-electron chi connectivity index (χ1n) is 9.34. The molecule has 2 N–H and O–H groups in total. The number of nitrogens with zero attached hydrogens (tertiary/aromatic N) is 4. The summed E-state index contributed by atoms with van der Waals surface area (Å²) in [6.45, 7) is 1.37. The molecule has 0 aliphatic heterocycles. The third-order valence-electron chi connectivity index (χ3n) is 4.58. The van der Waals surface area contributed by atoms with Crippen molar-refractivity contribution in [3.05, 3.63) is 72.2 Å². The molecule has 0 saturated carbocycles. The maximum absolute atomic E-state index is 4.51. The number of hydrogen-bond acceptors (Lipinski definition) is 3. The fourth-order valence-electron chi connectivity index (χ4n) is 2.98. The molecule has 0 aliphatic rings. The highest BCUT2D eigenvalue weighted by atomic mass is 127. The number of aromatic amines is 1. The number of halogens is 1. The van der Waals surface area contributed by atoms with Gasteiger partial charge in [-0.15, -0.1) is 24.0 Å². The number of aromatic nitrogens is 2. The Bertz CT molecular complexity index is 903. The average molecular weight is 504 g/mol. The zero-order chi connectivity index (χ0) is 19.9. The molecule has 0 radical (unpaired) electrons. The lowest BCUT2D eigenvalue weighted by Gasteiger charge is -2.21. The lowest BCUT2D eigenvalue weighted by atomic mass is 10.2. The van der Waals surface area contributed by atoms with E-state index in [1.807, 2.05) is 45.5 Å². The van der Waals surface area contributed by atoms with Crippen LogP contribution >= 0.6 is 24.0 Å². The second-order valence-electron chi connectivity index (χ2n) is 6.93. The lowest BCUT2D eigenvalue weighted by molar-refractivity contribution is 0.464. The fraction of sp³-hybridized carbons (Fsp3) is 0.273. The van der Waals surface area contributed by atoms with Crippen LogP contribution in [0.3, 0.4) is 0 Å². The first kappa shape index (κ1) is 22.7. The number of nitrogens with one attached hydrogen (secondary N) is 2. The van der Waals surface area contributed by atoms with Gasteiger partial charge in [-0.05, 0) is 23.3 Å². The van der Waals surface area contributed by atoms with Crippen molar-refractivity contribution in [1.82, 2.24) is 20.2 Å². The van der Waals surface area contributed by atoms with Crippen LogP contribution in [0.2, 0.25) is 0 Å². The molecular weight excluding hydrogens is 475 g/mol. The molecule has 6 nitrogen and oxygen atoms in total. The number of anilines is 1. The van der Waals surface area contributed by atoms with Crippen LogP contribution in [-0.2, 0) is 13.1 Å². The van der Waals surface area contributed by atoms with Gasteiger partial charge in [0.05, 0.1) is 18.4 Å². The normalized spacial score (nSPS) is 11.0. The third-order valence-corrected chi connectivity index (χ3v) is 4.58. The Hall–Kier alpha value is -2.55. The Morgan fingerprint density at radius 2 is 1.72 bits per heavy atom. The molecule has 0 saturated heterocycles. The van der Waals surface area contributed by atoms with Crippen LogP contribution in [0.15, 0.2) is 65.8 Å². The van der Waals surface area contributed by atoms with Crippen molar-refractivity contribution in [2.75, 3.05) is 33.1 Å². The summed E-state index contributed by atoms with van der Waals surface area (Å²) in [6, 6.07) is 18.7. The summed E-state index contributed by atoms with van der Waals surface area (Å²) in [7, 11) is 7.89. The Labute approximate surface area is 190 Å². The van der Waals surface area contributed by atoms with E-state index in [1.54, 1.807) is 7.05 Å². The van der Waals surface area contributed by atoms with E-state index >= 15 is 0 Å². The van der Waals surface area contributed by atoms with Gasteiger partial charge >= 0.3 is 0 Å². The lowest BCUT2D eigenvalue weighted by Crippen LogP contribution is -2.38. The zero-order valence-corrected chi connectivity index (χ0v) is 19.7. The van der Waals surface area contributed by atoms with Crippen molar-refractivity contribution >= 4 is 35.6 Å². The Balaban J connectivity index is 0.00000300. The first-order valence-corrected chi connectivity index (χ1v) is 9.34. The van der Waals surface area contributed by atoms with Gasteiger partial charge in [-0.1, -0.05) is 42.5 Å². The van der Waals surface area contributed by atoms with Gasteiger partial charge < -0.3 is 20.1 Å². The average Bonchev–Trinajstić information content (AvgIpc) is 3.18. The molecule has 0 aliphatic carbocycles. The highest BCUT2D eigenvalue weighted by Gasteiger charge is 2.10. The van der Waals surface area contributed by atoms with Crippen molar-refractivity contribution in [2.45, 2.75) is 13.1 Å². The van der Waals surface area contributed by atoms with Gasteiger partial charge in [0.25, 0.3) is 0 Å². The van der Waals surface area contributed by atoms with E-state index in [2.05, 4.69) is 66.5 Å².